The van der Waals surface area contributed by atoms with Crippen LogP contribution in [0.2, 0.25) is 0 Å². The van der Waals surface area contributed by atoms with Gasteiger partial charge in [-0.25, -0.2) is 0 Å². The highest BCUT2D eigenvalue weighted by molar-refractivity contribution is 7.14. The molecule has 2 aromatic heterocycles. The maximum atomic E-state index is 11.8. The second-order valence-electron chi connectivity index (χ2n) is 2.97. The van der Waals surface area contributed by atoms with Crippen LogP contribution >= 0.6 is 11.3 Å². The second-order valence-corrected chi connectivity index (χ2v) is 3.92. The van der Waals surface area contributed by atoms with Crippen LogP contribution in [-0.4, -0.2) is 10.8 Å². The van der Waals surface area contributed by atoms with Gasteiger partial charge in [0.05, 0.1) is 10.6 Å². The molecule has 15 heavy (non-hydrogen) atoms. The molecule has 0 saturated heterocycles. The lowest BCUT2D eigenvalue weighted by atomic mass is 10.1. The molecule has 0 radical (unpaired) electrons. The number of thiophene rings is 1. The molecule has 0 aromatic carbocycles. The Balaban J connectivity index is 2.41. The highest BCUT2D eigenvalue weighted by Gasteiger charge is 2.12. The summed E-state index contributed by atoms with van der Waals surface area (Å²) in [6.07, 6.45) is 1.39. The van der Waals surface area contributed by atoms with Crippen molar-refractivity contribution >= 4 is 22.1 Å². The summed E-state index contributed by atoms with van der Waals surface area (Å²) in [6.45, 7) is 0. The number of aromatic amines is 1. The second kappa shape index (κ2) is 3.70. The van der Waals surface area contributed by atoms with Gasteiger partial charge in [-0.3, -0.25) is 9.59 Å². The summed E-state index contributed by atoms with van der Waals surface area (Å²) < 4.78 is 0. The first-order chi connectivity index (χ1) is 7.18. The topological polar surface area (TPSA) is 76.0 Å². The number of rotatable bonds is 2. The third-order valence-corrected chi connectivity index (χ3v) is 2.73. The number of nitrogens with two attached hydrogens (primary N) is 1. The molecule has 0 amide bonds. The van der Waals surface area contributed by atoms with Gasteiger partial charge in [-0.2, -0.15) is 0 Å². The number of hydrogen-bond donors (Lipinski definition) is 2. The fourth-order valence-corrected chi connectivity index (χ4v) is 1.85. The van der Waals surface area contributed by atoms with E-state index in [1.54, 1.807) is 11.4 Å². The molecule has 0 aliphatic rings. The van der Waals surface area contributed by atoms with Crippen molar-refractivity contribution in [3.63, 3.8) is 0 Å². The molecule has 76 valence electrons. The van der Waals surface area contributed by atoms with Gasteiger partial charge in [0.1, 0.15) is 0 Å². The van der Waals surface area contributed by atoms with E-state index >= 15 is 0 Å². The third-order valence-electron chi connectivity index (χ3n) is 1.99. The van der Waals surface area contributed by atoms with Crippen LogP contribution in [0, 0.1) is 0 Å². The van der Waals surface area contributed by atoms with Crippen molar-refractivity contribution in [1.82, 2.24) is 4.98 Å². The molecule has 5 heteroatoms. The van der Waals surface area contributed by atoms with Crippen LogP contribution < -0.4 is 11.3 Å². The zero-order valence-electron chi connectivity index (χ0n) is 7.69. The van der Waals surface area contributed by atoms with Gasteiger partial charge in [0, 0.05) is 17.8 Å². The largest absolute Gasteiger partial charge is 0.390 e. The number of nitrogen functional groups attached to an aromatic ring is 1. The van der Waals surface area contributed by atoms with E-state index in [9.17, 15) is 9.59 Å². The molecule has 0 saturated carbocycles. The van der Waals surface area contributed by atoms with E-state index in [1.165, 1.54) is 29.7 Å². The molecule has 0 spiro atoms. The summed E-state index contributed by atoms with van der Waals surface area (Å²) in [5, 5.41) is 2.25. The summed E-state index contributed by atoms with van der Waals surface area (Å²) in [5.41, 5.74) is 6.31. The van der Waals surface area contributed by atoms with E-state index < -0.39 is 0 Å². The van der Waals surface area contributed by atoms with Gasteiger partial charge < -0.3 is 10.7 Å². The molecule has 4 nitrogen and oxygen atoms in total. The molecule has 2 rings (SSSR count). The van der Waals surface area contributed by atoms with E-state index in [0.29, 0.717) is 16.1 Å². The summed E-state index contributed by atoms with van der Waals surface area (Å²) in [6, 6.07) is 4.47. The monoisotopic (exact) mass is 220 g/mol. The van der Waals surface area contributed by atoms with Crippen LogP contribution in [-0.2, 0) is 0 Å². The average Bonchev–Trinajstić information content (AvgIpc) is 2.65. The Kier molecular flexibility index (Phi) is 2.39. The number of hydrogen-bond acceptors (Lipinski definition) is 4. The Morgan fingerprint density at radius 1 is 1.33 bits per heavy atom. The van der Waals surface area contributed by atoms with Crippen molar-refractivity contribution in [3.05, 3.63) is 51.3 Å². The predicted octanol–water partition coefficient (Wildman–Crippen LogP) is 1.25. The van der Waals surface area contributed by atoms with Crippen molar-refractivity contribution < 1.29 is 4.79 Å². The quantitative estimate of drug-likeness (QED) is 0.748. The Morgan fingerprint density at radius 3 is 2.67 bits per heavy atom. The summed E-state index contributed by atoms with van der Waals surface area (Å²) in [7, 11) is 0. The lowest BCUT2D eigenvalue weighted by Gasteiger charge is -1.98. The number of anilines is 1. The third kappa shape index (κ3) is 1.82. The SMILES string of the molecule is Nc1sccc1C(=O)c1ccc(=O)[nH]c1. The van der Waals surface area contributed by atoms with Gasteiger partial charge in [0.25, 0.3) is 0 Å². The molecule has 0 aliphatic carbocycles. The molecule has 0 fully saturated rings. The van der Waals surface area contributed by atoms with E-state index in [4.69, 9.17) is 5.73 Å². The Morgan fingerprint density at radius 2 is 2.13 bits per heavy atom. The number of carbonyl (C=O) groups excluding carboxylic acids is 1. The first-order valence-corrected chi connectivity index (χ1v) is 5.13. The van der Waals surface area contributed by atoms with Crippen molar-refractivity contribution in [2.24, 2.45) is 0 Å². The minimum absolute atomic E-state index is 0.176. The smallest absolute Gasteiger partial charge is 0.247 e. The maximum Gasteiger partial charge on any atom is 0.247 e. The van der Waals surface area contributed by atoms with Crippen molar-refractivity contribution in [2.45, 2.75) is 0 Å². The van der Waals surface area contributed by atoms with Gasteiger partial charge in [-0.15, -0.1) is 11.3 Å². The van der Waals surface area contributed by atoms with Crippen LogP contribution in [0.4, 0.5) is 5.00 Å². The van der Waals surface area contributed by atoms with Gasteiger partial charge >= 0.3 is 0 Å². The first-order valence-electron chi connectivity index (χ1n) is 4.25. The minimum Gasteiger partial charge on any atom is -0.390 e. The van der Waals surface area contributed by atoms with Crippen molar-refractivity contribution in [3.8, 4) is 0 Å². The van der Waals surface area contributed by atoms with E-state index in [2.05, 4.69) is 4.98 Å². The fourth-order valence-electron chi connectivity index (χ4n) is 1.22. The standard InChI is InChI=1S/C10H8N2O2S/c11-10-7(3-4-15-10)9(14)6-1-2-8(13)12-5-6/h1-5H,11H2,(H,12,13). The highest BCUT2D eigenvalue weighted by atomic mass is 32.1. The molecular formula is C10H8N2O2S. The summed E-state index contributed by atoms with van der Waals surface area (Å²) in [4.78, 5) is 25.1. The van der Waals surface area contributed by atoms with Gasteiger partial charge in [0.15, 0.2) is 5.78 Å². The van der Waals surface area contributed by atoms with E-state index in [1.807, 2.05) is 0 Å². The molecule has 0 unspecified atom stereocenters. The molecule has 0 bridgehead atoms. The number of aromatic nitrogens is 1. The minimum atomic E-state index is -0.232. The molecular weight excluding hydrogens is 212 g/mol. The molecule has 2 aromatic rings. The summed E-state index contributed by atoms with van der Waals surface area (Å²) >= 11 is 1.32. The summed E-state index contributed by atoms with van der Waals surface area (Å²) in [5.74, 6) is -0.176. The average molecular weight is 220 g/mol. The van der Waals surface area contributed by atoms with E-state index in [0.717, 1.165) is 0 Å². The molecule has 0 atom stereocenters. The molecule has 0 aliphatic heterocycles. The lowest BCUT2D eigenvalue weighted by molar-refractivity contribution is 0.103. The number of pyridine rings is 1. The van der Waals surface area contributed by atoms with Gasteiger partial charge in [0.2, 0.25) is 5.56 Å². The zero-order valence-corrected chi connectivity index (χ0v) is 8.51. The van der Waals surface area contributed by atoms with Crippen molar-refractivity contribution in [1.29, 1.82) is 0 Å². The Labute approximate surface area is 89.4 Å². The van der Waals surface area contributed by atoms with Crippen LogP contribution in [0.3, 0.4) is 0 Å². The first kappa shape index (κ1) is 9.67. The fraction of sp³-hybridized carbons (Fsp3) is 0. The number of carbonyl (C=O) groups is 1. The van der Waals surface area contributed by atoms with Crippen LogP contribution in [0.1, 0.15) is 15.9 Å². The zero-order chi connectivity index (χ0) is 10.8. The number of ketones is 1. The normalized spacial score (nSPS) is 10.1. The van der Waals surface area contributed by atoms with E-state index in [-0.39, 0.29) is 11.3 Å². The molecule has 3 N–H and O–H groups in total. The van der Waals surface area contributed by atoms with Gasteiger partial charge in [-0.1, -0.05) is 0 Å². The molecule has 2 heterocycles. The Bertz CT molecular complexity index is 536. The van der Waals surface area contributed by atoms with Crippen molar-refractivity contribution in [2.75, 3.05) is 5.73 Å². The number of nitrogens with one attached hydrogen (secondary N) is 1. The predicted molar refractivity (Wildman–Crippen MR) is 59.2 cm³/mol. The van der Waals surface area contributed by atoms with Crippen LogP contribution in [0.15, 0.2) is 34.6 Å². The van der Waals surface area contributed by atoms with Crippen LogP contribution in [0.5, 0.6) is 0 Å². The van der Waals surface area contributed by atoms with Gasteiger partial charge in [-0.05, 0) is 17.5 Å². The van der Waals surface area contributed by atoms with Crippen LogP contribution in [0.25, 0.3) is 0 Å². The Hall–Kier alpha value is -1.88. The number of H-pyrrole nitrogens is 1. The maximum absolute atomic E-state index is 11.8. The highest BCUT2D eigenvalue weighted by Crippen LogP contribution is 2.21. The lowest BCUT2D eigenvalue weighted by Crippen LogP contribution is -2.08.